The van der Waals surface area contributed by atoms with E-state index >= 15 is 0 Å². The van der Waals surface area contributed by atoms with E-state index in [-0.39, 0.29) is 11.4 Å². The lowest BCUT2D eigenvalue weighted by molar-refractivity contribution is 0.230. The highest BCUT2D eigenvalue weighted by Crippen LogP contribution is 2.36. The number of hydrogen-bond donors (Lipinski definition) is 1. The third-order valence-electron chi connectivity index (χ3n) is 4.13. The van der Waals surface area contributed by atoms with Gasteiger partial charge in [0.05, 0.1) is 4.90 Å². The first-order valence-corrected chi connectivity index (χ1v) is 7.92. The van der Waals surface area contributed by atoms with Crippen molar-refractivity contribution in [2.75, 3.05) is 13.6 Å². The molecule has 0 spiro atoms. The minimum atomic E-state index is -3.89. The summed E-state index contributed by atoms with van der Waals surface area (Å²) in [4.78, 5) is -0.251. The number of rotatable bonds is 4. The number of benzene rings is 1. The molecule has 1 fully saturated rings. The van der Waals surface area contributed by atoms with Crippen molar-refractivity contribution in [3.05, 3.63) is 29.8 Å². The molecular formula is C13H18F2N2O2S. The fraction of sp³-hybridized carbons (Fsp3) is 0.538. The monoisotopic (exact) mass is 304 g/mol. The molecule has 1 aliphatic rings. The first kappa shape index (κ1) is 15.3. The molecule has 0 saturated heterocycles. The van der Waals surface area contributed by atoms with Gasteiger partial charge in [0.15, 0.2) is 11.6 Å². The van der Waals surface area contributed by atoms with Crippen LogP contribution in [0, 0.1) is 11.6 Å². The predicted octanol–water partition coefficient (Wildman–Crippen LogP) is 1.86. The van der Waals surface area contributed by atoms with Gasteiger partial charge in [0, 0.05) is 19.1 Å². The molecule has 0 aliphatic heterocycles. The van der Waals surface area contributed by atoms with Gasteiger partial charge < -0.3 is 5.73 Å². The molecule has 20 heavy (non-hydrogen) atoms. The molecule has 1 aliphatic carbocycles. The Kier molecular flexibility index (Phi) is 4.13. The lowest BCUT2D eigenvalue weighted by Crippen LogP contribution is -2.52. The third kappa shape index (κ3) is 2.45. The van der Waals surface area contributed by atoms with E-state index < -0.39 is 27.2 Å². The number of sulfonamides is 1. The van der Waals surface area contributed by atoms with Gasteiger partial charge in [0.1, 0.15) is 0 Å². The molecule has 2 rings (SSSR count). The summed E-state index contributed by atoms with van der Waals surface area (Å²) in [5.74, 6) is -2.24. The quantitative estimate of drug-likeness (QED) is 0.923. The maximum Gasteiger partial charge on any atom is 0.243 e. The van der Waals surface area contributed by atoms with Crippen LogP contribution < -0.4 is 5.73 Å². The van der Waals surface area contributed by atoms with Crippen molar-refractivity contribution >= 4 is 10.0 Å². The second kappa shape index (κ2) is 5.38. The normalized spacial score (nSPS) is 18.6. The highest BCUT2D eigenvalue weighted by molar-refractivity contribution is 7.89. The van der Waals surface area contributed by atoms with Crippen LogP contribution in [0.5, 0.6) is 0 Å². The summed E-state index contributed by atoms with van der Waals surface area (Å²) in [5, 5.41) is 0. The van der Waals surface area contributed by atoms with E-state index in [1.807, 2.05) is 0 Å². The van der Waals surface area contributed by atoms with Crippen molar-refractivity contribution in [1.82, 2.24) is 4.31 Å². The number of halogens is 2. The molecule has 112 valence electrons. The highest BCUT2D eigenvalue weighted by Gasteiger charge is 2.42. The van der Waals surface area contributed by atoms with Gasteiger partial charge in [-0.2, -0.15) is 4.31 Å². The SMILES string of the molecule is CN(C1(CN)CCCC1)S(=O)(=O)c1ccc(F)c(F)c1. The lowest BCUT2D eigenvalue weighted by Gasteiger charge is -2.36. The van der Waals surface area contributed by atoms with Crippen LogP contribution in [0.25, 0.3) is 0 Å². The van der Waals surface area contributed by atoms with Crippen LogP contribution >= 0.6 is 0 Å². The van der Waals surface area contributed by atoms with Gasteiger partial charge in [0.25, 0.3) is 0 Å². The molecule has 7 heteroatoms. The fourth-order valence-electron chi connectivity index (χ4n) is 2.73. The molecule has 1 aromatic carbocycles. The van der Waals surface area contributed by atoms with Crippen molar-refractivity contribution in [3.8, 4) is 0 Å². The van der Waals surface area contributed by atoms with Gasteiger partial charge in [-0.3, -0.25) is 0 Å². The average molecular weight is 304 g/mol. The molecule has 1 saturated carbocycles. The van der Waals surface area contributed by atoms with Crippen LogP contribution in [0.15, 0.2) is 23.1 Å². The summed E-state index contributed by atoms with van der Waals surface area (Å²) in [6, 6.07) is 2.60. The van der Waals surface area contributed by atoms with Crippen LogP contribution in [-0.4, -0.2) is 31.9 Å². The Bertz CT molecular complexity index is 598. The lowest BCUT2D eigenvalue weighted by atomic mass is 9.98. The average Bonchev–Trinajstić information content (AvgIpc) is 2.90. The molecule has 0 radical (unpaired) electrons. The molecule has 4 nitrogen and oxygen atoms in total. The molecule has 0 bridgehead atoms. The minimum Gasteiger partial charge on any atom is -0.329 e. The summed E-state index contributed by atoms with van der Waals surface area (Å²) in [5.41, 5.74) is 5.14. The molecule has 0 atom stereocenters. The standard InChI is InChI=1S/C13H18F2N2O2S/c1-17(13(9-16)6-2-3-7-13)20(18,19)10-4-5-11(14)12(15)8-10/h4-5,8H,2-3,6-7,9,16H2,1H3. The van der Waals surface area contributed by atoms with Crippen molar-refractivity contribution in [3.63, 3.8) is 0 Å². The Morgan fingerprint density at radius 1 is 1.25 bits per heavy atom. The van der Waals surface area contributed by atoms with Crippen LogP contribution in [0.1, 0.15) is 25.7 Å². The number of nitrogens with zero attached hydrogens (tertiary/aromatic N) is 1. The van der Waals surface area contributed by atoms with Crippen LogP contribution in [0.4, 0.5) is 8.78 Å². The molecular weight excluding hydrogens is 286 g/mol. The van der Waals surface area contributed by atoms with Crippen molar-refractivity contribution in [1.29, 1.82) is 0 Å². The summed E-state index contributed by atoms with van der Waals surface area (Å²) >= 11 is 0. The van der Waals surface area contributed by atoms with Crippen molar-refractivity contribution in [2.24, 2.45) is 5.73 Å². The molecule has 0 aromatic heterocycles. The molecule has 2 N–H and O–H groups in total. The Morgan fingerprint density at radius 3 is 2.35 bits per heavy atom. The van der Waals surface area contributed by atoms with E-state index in [0.29, 0.717) is 18.9 Å². The largest absolute Gasteiger partial charge is 0.329 e. The smallest absolute Gasteiger partial charge is 0.243 e. The zero-order valence-corrected chi connectivity index (χ0v) is 12.1. The molecule has 0 amide bonds. The first-order chi connectivity index (χ1) is 9.33. The zero-order valence-electron chi connectivity index (χ0n) is 11.3. The second-order valence-corrected chi connectivity index (χ2v) is 7.15. The number of nitrogens with two attached hydrogens (primary N) is 1. The van der Waals surface area contributed by atoms with E-state index in [2.05, 4.69) is 0 Å². The summed E-state index contributed by atoms with van der Waals surface area (Å²) < 4.78 is 52.4. The maximum absolute atomic E-state index is 13.2. The zero-order chi connectivity index (χ0) is 15.0. The van der Waals surface area contributed by atoms with Crippen LogP contribution in [0.2, 0.25) is 0 Å². The summed E-state index contributed by atoms with van der Waals surface area (Å²) in [6.45, 7) is 0.215. The Hall–Kier alpha value is -1.05. The van der Waals surface area contributed by atoms with E-state index in [1.54, 1.807) is 0 Å². The van der Waals surface area contributed by atoms with Gasteiger partial charge in [-0.05, 0) is 31.0 Å². The molecule has 0 heterocycles. The highest BCUT2D eigenvalue weighted by atomic mass is 32.2. The second-order valence-electron chi connectivity index (χ2n) is 5.18. The van der Waals surface area contributed by atoms with Crippen LogP contribution in [0.3, 0.4) is 0 Å². The van der Waals surface area contributed by atoms with Gasteiger partial charge in [-0.15, -0.1) is 0 Å². The van der Waals surface area contributed by atoms with Gasteiger partial charge in [-0.25, -0.2) is 17.2 Å². The first-order valence-electron chi connectivity index (χ1n) is 6.48. The minimum absolute atomic E-state index is 0.215. The van der Waals surface area contributed by atoms with Gasteiger partial charge in [0.2, 0.25) is 10.0 Å². The molecule has 0 unspecified atom stereocenters. The third-order valence-corrected chi connectivity index (χ3v) is 6.09. The molecule has 1 aromatic rings. The summed E-state index contributed by atoms with van der Waals surface area (Å²) in [6.07, 6.45) is 3.19. The fourth-order valence-corrected chi connectivity index (χ4v) is 4.31. The maximum atomic E-state index is 13.2. The topological polar surface area (TPSA) is 63.4 Å². The Balaban J connectivity index is 2.41. The van der Waals surface area contributed by atoms with E-state index in [1.165, 1.54) is 11.4 Å². The van der Waals surface area contributed by atoms with E-state index in [9.17, 15) is 17.2 Å². The number of hydrogen-bond acceptors (Lipinski definition) is 3. The predicted molar refractivity (Wildman–Crippen MR) is 71.6 cm³/mol. The Labute approximate surface area is 117 Å². The summed E-state index contributed by atoms with van der Waals surface area (Å²) in [7, 11) is -2.43. The van der Waals surface area contributed by atoms with Crippen molar-refractivity contribution in [2.45, 2.75) is 36.1 Å². The van der Waals surface area contributed by atoms with Crippen LogP contribution in [-0.2, 0) is 10.0 Å². The van der Waals surface area contributed by atoms with E-state index in [0.717, 1.165) is 25.0 Å². The van der Waals surface area contributed by atoms with E-state index in [4.69, 9.17) is 5.73 Å². The number of likely N-dealkylation sites (N-methyl/N-ethyl adjacent to an activating group) is 1. The van der Waals surface area contributed by atoms with Gasteiger partial charge in [-0.1, -0.05) is 12.8 Å². The van der Waals surface area contributed by atoms with Crippen molar-refractivity contribution < 1.29 is 17.2 Å². The Morgan fingerprint density at radius 2 is 1.85 bits per heavy atom. The van der Waals surface area contributed by atoms with Gasteiger partial charge >= 0.3 is 0 Å².